The van der Waals surface area contributed by atoms with Crippen LogP contribution in [0.2, 0.25) is 0 Å². The number of carbonyl (C=O) groups is 1. The van der Waals surface area contributed by atoms with Crippen LogP contribution in [-0.2, 0) is 6.42 Å². The van der Waals surface area contributed by atoms with E-state index in [1.54, 1.807) is 12.1 Å². The molecule has 0 aliphatic heterocycles. The molecule has 1 aromatic heterocycles. The summed E-state index contributed by atoms with van der Waals surface area (Å²) in [5.74, 6) is 0.183. The van der Waals surface area contributed by atoms with Crippen LogP contribution >= 0.6 is 15.9 Å². The molecule has 0 saturated carbocycles. The molecule has 1 heterocycles. The lowest BCUT2D eigenvalue weighted by atomic mass is 9.88. The molecular weight excluding hydrogens is 306 g/mol. The number of amides is 1. The van der Waals surface area contributed by atoms with Crippen LogP contribution in [0.5, 0.6) is 0 Å². The minimum absolute atomic E-state index is 0.0846. The average Bonchev–Trinajstić information content (AvgIpc) is 2.86. The SMILES string of the molecule is O=C(N[C@H]1CCCc2ccccc21)c1ccc(Br)o1. The summed E-state index contributed by atoms with van der Waals surface area (Å²) >= 11 is 3.20. The molecule has 1 N–H and O–H groups in total. The highest BCUT2D eigenvalue weighted by molar-refractivity contribution is 9.10. The molecule has 0 unspecified atom stereocenters. The number of carbonyl (C=O) groups excluding carboxylic acids is 1. The Bertz CT molecular complexity index is 606. The molecule has 3 nitrogen and oxygen atoms in total. The third-order valence-electron chi connectivity index (χ3n) is 3.47. The zero-order chi connectivity index (χ0) is 13.2. The van der Waals surface area contributed by atoms with Crippen LogP contribution in [0.3, 0.4) is 0 Å². The quantitative estimate of drug-likeness (QED) is 0.913. The van der Waals surface area contributed by atoms with Gasteiger partial charge in [0.05, 0.1) is 6.04 Å². The number of rotatable bonds is 2. The first-order valence-corrected chi connectivity index (χ1v) is 7.17. The smallest absolute Gasteiger partial charge is 0.287 e. The zero-order valence-corrected chi connectivity index (χ0v) is 11.9. The van der Waals surface area contributed by atoms with Crippen molar-refractivity contribution in [2.45, 2.75) is 25.3 Å². The van der Waals surface area contributed by atoms with Gasteiger partial charge in [0, 0.05) is 0 Å². The van der Waals surface area contributed by atoms with Gasteiger partial charge in [0.1, 0.15) is 0 Å². The van der Waals surface area contributed by atoms with Gasteiger partial charge in [-0.2, -0.15) is 0 Å². The predicted molar refractivity (Wildman–Crippen MR) is 76.0 cm³/mol. The number of halogens is 1. The average molecular weight is 320 g/mol. The van der Waals surface area contributed by atoms with Crippen molar-refractivity contribution in [3.05, 3.63) is 58.0 Å². The Morgan fingerprint density at radius 1 is 1.26 bits per heavy atom. The minimum atomic E-state index is -0.160. The lowest BCUT2D eigenvalue weighted by Gasteiger charge is -2.25. The molecule has 4 heteroatoms. The maximum Gasteiger partial charge on any atom is 0.287 e. The number of fused-ring (bicyclic) bond motifs is 1. The molecule has 0 bridgehead atoms. The van der Waals surface area contributed by atoms with Crippen molar-refractivity contribution >= 4 is 21.8 Å². The van der Waals surface area contributed by atoms with E-state index in [2.05, 4.69) is 33.4 Å². The number of furan rings is 1. The first kappa shape index (κ1) is 12.5. The molecule has 98 valence electrons. The Morgan fingerprint density at radius 2 is 2.11 bits per heavy atom. The summed E-state index contributed by atoms with van der Waals surface area (Å²) in [5.41, 5.74) is 2.56. The van der Waals surface area contributed by atoms with Gasteiger partial charge >= 0.3 is 0 Å². The molecule has 1 atom stereocenters. The number of aryl methyl sites for hydroxylation is 1. The van der Waals surface area contributed by atoms with E-state index in [0.717, 1.165) is 19.3 Å². The molecule has 1 amide bonds. The highest BCUT2D eigenvalue weighted by Gasteiger charge is 2.22. The molecule has 1 aromatic carbocycles. The van der Waals surface area contributed by atoms with Gasteiger partial charge in [0.15, 0.2) is 10.4 Å². The first-order valence-electron chi connectivity index (χ1n) is 6.38. The first-order chi connectivity index (χ1) is 9.24. The Labute approximate surface area is 120 Å². The van der Waals surface area contributed by atoms with Gasteiger partial charge in [-0.3, -0.25) is 4.79 Å². The van der Waals surface area contributed by atoms with Crippen molar-refractivity contribution in [1.82, 2.24) is 5.32 Å². The highest BCUT2D eigenvalue weighted by atomic mass is 79.9. The van der Waals surface area contributed by atoms with E-state index in [1.165, 1.54) is 11.1 Å². The Kier molecular flexibility index (Phi) is 3.42. The normalized spacial score (nSPS) is 17.8. The van der Waals surface area contributed by atoms with Crippen molar-refractivity contribution in [3.63, 3.8) is 0 Å². The molecule has 0 spiro atoms. The second kappa shape index (κ2) is 5.21. The molecule has 2 aromatic rings. The largest absolute Gasteiger partial charge is 0.444 e. The van der Waals surface area contributed by atoms with Gasteiger partial charge in [-0.15, -0.1) is 0 Å². The summed E-state index contributed by atoms with van der Waals surface area (Å²) in [6, 6.07) is 11.8. The van der Waals surface area contributed by atoms with Crippen LogP contribution in [0, 0.1) is 0 Å². The summed E-state index contributed by atoms with van der Waals surface area (Å²) in [7, 11) is 0. The predicted octanol–water partition coefficient (Wildman–Crippen LogP) is 3.85. The van der Waals surface area contributed by atoms with Gasteiger partial charge in [0.2, 0.25) is 0 Å². The van der Waals surface area contributed by atoms with Crippen molar-refractivity contribution in [3.8, 4) is 0 Å². The van der Waals surface area contributed by atoms with Crippen LogP contribution in [0.15, 0.2) is 45.5 Å². The highest BCUT2D eigenvalue weighted by Crippen LogP contribution is 2.29. The van der Waals surface area contributed by atoms with E-state index in [0.29, 0.717) is 10.4 Å². The summed E-state index contributed by atoms with van der Waals surface area (Å²) in [4.78, 5) is 12.1. The van der Waals surface area contributed by atoms with Crippen molar-refractivity contribution in [2.75, 3.05) is 0 Å². The molecule has 1 aliphatic carbocycles. The second-order valence-electron chi connectivity index (χ2n) is 4.72. The topological polar surface area (TPSA) is 42.2 Å². The maximum atomic E-state index is 12.1. The minimum Gasteiger partial charge on any atom is -0.444 e. The monoisotopic (exact) mass is 319 g/mol. The standard InChI is InChI=1S/C15H14BrNO2/c16-14-9-8-13(19-14)15(18)17-12-7-3-5-10-4-1-2-6-11(10)12/h1-2,4,6,8-9,12H,3,5,7H2,(H,17,18)/t12-/m0/s1. The van der Waals surface area contributed by atoms with E-state index in [-0.39, 0.29) is 11.9 Å². The van der Waals surface area contributed by atoms with Gasteiger partial charge in [-0.05, 0) is 58.5 Å². The third kappa shape index (κ3) is 2.59. The van der Waals surface area contributed by atoms with Crippen LogP contribution in [0.25, 0.3) is 0 Å². The number of hydrogen-bond donors (Lipinski definition) is 1. The fourth-order valence-electron chi connectivity index (χ4n) is 2.57. The lowest BCUT2D eigenvalue weighted by Crippen LogP contribution is -2.30. The van der Waals surface area contributed by atoms with E-state index in [1.807, 2.05) is 12.1 Å². The van der Waals surface area contributed by atoms with Crippen molar-refractivity contribution < 1.29 is 9.21 Å². The van der Waals surface area contributed by atoms with Crippen molar-refractivity contribution in [1.29, 1.82) is 0 Å². The molecule has 0 radical (unpaired) electrons. The van der Waals surface area contributed by atoms with Crippen LogP contribution in [0.1, 0.15) is 40.6 Å². The molecule has 3 rings (SSSR count). The van der Waals surface area contributed by atoms with Gasteiger partial charge < -0.3 is 9.73 Å². The van der Waals surface area contributed by atoms with E-state index < -0.39 is 0 Å². The lowest BCUT2D eigenvalue weighted by molar-refractivity contribution is 0.0903. The second-order valence-corrected chi connectivity index (χ2v) is 5.50. The molecule has 1 aliphatic rings. The summed E-state index contributed by atoms with van der Waals surface area (Å²) in [6.07, 6.45) is 3.17. The van der Waals surface area contributed by atoms with Gasteiger partial charge in [-0.1, -0.05) is 24.3 Å². The summed E-state index contributed by atoms with van der Waals surface area (Å²) in [5, 5.41) is 3.05. The molecule has 19 heavy (non-hydrogen) atoms. The van der Waals surface area contributed by atoms with Crippen LogP contribution in [-0.4, -0.2) is 5.91 Å². The Balaban J connectivity index is 1.79. The van der Waals surface area contributed by atoms with E-state index in [9.17, 15) is 4.79 Å². The molecule has 0 saturated heterocycles. The van der Waals surface area contributed by atoms with Crippen molar-refractivity contribution in [2.24, 2.45) is 0 Å². The van der Waals surface area contributed by atoms with Crippen LogP contribution < -0.4 is 5.32 Å². The van der Waals surface area contributed by atoms with E-state index >= 15 is 0 Å². The summed E-state index contributed by atoms with van der Waals surface area (Å²) in [6.45, 7) is 0. The maximum absolute atomic E-state index is 12.1. The number of benzene rings is 1. The molecule has 0 fully saturated rings. The van der Waals surface area contributed by atoms with E-state index in [4.69, 9.17) is 4.42 Å². The Hall–Kier alpha value is -1.55. The Morgan fingerprint density at radius 3 is 2.89 bits per heavy atom. The fourth-order valence-corrected chi connectivity index (χ4v) is 2.88. The summed E-state index contributed by atoms with van der Waals surface area (Å²) < 4.78 is 5.85. The van der Waals surface area contributed by atoms with Crippen LogP contribution in [0.4, 0.5) is 0 Å². The van der Waals surface area contributed by atoms with Gasteiger partial charge in [0.25, 0.3) is 5.91 Å². The zero-order valence-electron chi connectivity index (χ0n) is 10.4. The third-order valence-corrected chi connectivity index (χ3v) is 3.90. The fraction of sp³-hybridized carbons (Fsp3) is 0.267. The van der Waals surface area contributed by atoms with Gasteiger partial charge in [-0.25, -0.2) is 0 Å². The number of hydrogen-bond acceptors (Lipinski definition) is 2. The molecular formula is C15H14BrNO2. The number of nitrogens with one attached hydrogen (secondary N) is 1.